The SMILES string of the molecule is CC(=O)OC1CCN(C(=O)c2ccccc2)C1. The predicted molar refractivity (Wildman–Crippen MR) is 62.5 cm³/mol. The van der Waals surface area contributed by atoms with Crippen molar-refractivity contribution in [2.24, 2.45) is 0 Å². The van der Waals surface area contributed by atoms with Gasteiger partial charge in [-0.15, -0.1) is 0 Å². The van der Waals surface area contributed by atoms with E-state index in [9.17, 15) is 9.59 Å². The van der Waals surface area contributed by atoms with E-state index in [2.05, 4.69) is 0 Å². The molecule has 4 heteroatoms. The number of amides is 1. The lowest BCUT2D eigenvalue weighted by Gasteiger charge is -2.16. The zero-order valence-electron chi connectivity index (χ0n) is 9.76. The molecule has 1 fully saturated rings. The molecule has 0 radical (unpaired) electrons. The Balaban J connectivity index is 1.97. The van der Waals surface area contributed by atoms with Gasteiger partial charge in [0.15, 0.2) is 0 Å². The van der Waals surface area contributed by atoms with Gasteiger partial charge in [-0.1, -0.05) is 18.2 Å². The van der Waals surface area contributed by atoms with Crippen molar-refractivity contribution in [3.63, 3.8) is 0 Å². The van der Waals surface area contributed by atoms with Crippen molar-refractivity contribution in [3.8, 4) is 0 Å². The molecule has 1 aromatic rings. The molecule has 1 amide bonds. The fourth-order valence-electron chi connectivity index (χ4n) is 2.01. The maximum Gasteiger partial charge on any atom is 0.302 e. The van der Waals surface area contributed by atoms with E-state index in [4.69, 9.17) is 4.74 Å². The van der Waals surface area contributed by atoms with Gasteiger partial charge in [0, 0.05) is 25.5 Å². The second kappa shape index (κ2) is 4.99. The molecule has 0 aliphatic carbocycles. The number of benzene rings is 1. The molecule has 1 heterocycles. The van der Waals surface area contributed by atoms with E-state index in [1.54, 1.807) is 17.0 Å². The zero-order chi connectivity index (χ0) is 12.3. The Morgan fingerprint density at radius 1 is 1.29 bits per heavy atom. The largest absolute Gasteiger partial charge is 0.461 e. The van der Waals surface area contributed by atoms with Crippen molar-refractivity contribution in [1.29, 1.82) is 0 Å². The Kier molecular flexibility index (Phi) is 3.42. The van der Waals surface area contributed by atoms with Gasteiger partial charge in [-0.3, -0.25) is 9.59 Å². The Hall–Kier alpha value is -1.84. The quantitative estimate of drug-likeness (QED) is 0.727. The number of ether oxygens (including phenoxy) is 1. The summed E-state index contributed by atoms with van der Waals surface area (Å²) in [6.45, 7) is 2.53. The summed E-state index contributed by atoms with van der Waals surface area (Å²) in [4.78, 5) is 24.6. The van der Waals surface area contributed by atoms with E-state index in [0.29, 0.717) is 18.7 Å². The highest BCUT2D eigenvalue weighted by Crippen LogP contribution is 2.16. The van der Waals surface area contributed by atoms with Crippen LogP contribution in [0.25, 0.3) is 0 Å². The van der Waals surface area contributed by atoms with Crippen molar-refractivity contribution < 1.29 is 14.3 Å². The van der Waals surface area contributed by atoms with Crippen LogP contribution in [0.1, 0.15) is 23.7 Å². The number of hydrogen-bond donors (Lipinski definition) is 0. The molecule has 1 saturated heterocycles. The monoisotopic (exact) mass is 233 g/mol. The first-order valence-electron chi connectivity index (χ1n) is 5.68. The number of esters is 1. The molecule has 90 valence electrons. The minimum Gasteiger partial charge on any atom is -0.461 e. The van der Waals surface area contributed by atoms with Crippen LogP contribution >= 0.6 is 0 Å². The number of likely N-dealkylation sites (tertiary alicyclic amines) is 1. The minimum atomic E-state index is -0.288. The lowest BCUT2D eigenvalue weighted by Crippen LogP contribution is -2.30. The third kappa shape index (κ3) is 2.84. The van der Waals surface area contributed by atoms with E-state index < -0.39 is 0 Å². The summed E-state index contributed by atoms with van der Waals surface area (Å²) in [5, 5.41) is 0. The van der Waals surface area contributed by atoms with Crippen LogP contribution < -0.4 is 0 Å². The van der Waals surface area contributed by atoms with Crippen LogP contribution in [-0.4, -0.2) is 36.0 Å². The van der Waals surface area contributed by atoms with Crippen LogP contribution in [0, 0.1) is 0 Å². The number of nitrogens with zero attached hydrogens (tertiary/aromatic N) is 1. The van der Waals surface area contributed by atoms with Gasteiger partial charge in [0.1, 0.15) is 6.10 Å². The molecule has 1 aromatic carbocycles. The first kappa shape index (κ1) is 11.6. The topological polar surface area (TPSA) is 46.6 Å². The van der Waals surface area contributed by atoms with E-state index in [0.717, 1.165) is 6.42 Å². The van der Waals surface area contributed by atoms with Crippen LogP contribution in [0.2, 0.25) is 0 Å². The first-order valence-corrected chi connectivity index (χ1v) is 5.68. The molecule has 1 aliphatic heterocycles. The zero-order valence-corrected chi connectivity index (χ0v) is 9.76. The fourth-order valence-corrected chi connectivity index (χ4v) is 2.01. The molecule has 17 heavy (non-hydrogen) atoms. The van der Waals surface area contributed by atoms with E-state index >= 15 is 0 Å². The Bertz CT molecular complexity index is 416. The Morgan fingerprint density at radius 3 is 2.65 bits per heavy atom. The molecule has 1 aliphatic rings. The van der Waals surface area contributed by atoms with Crippen molar-refractivity contribution in [2.75, 3.05) is 13.1 Å². The molecular weight excluding hydrogens is 218 g/mol. The normalized spacial score (nSPS) is 19.1. The van der Waals surface area contributed by atoms with Crippen molar-refractivity contribution in [1.82, 2.24) is 4.90 Å². The highest BCUT2D eigenvalue weighted by atomic mass is 16.5. The van der Waals surface area contributed by atoms with Crippen molar-refractivity contribution in [3.05, 3.63) is 35.9 Å². The third-order valence-corrected chi connectivity index (χ3v) is 2.79. The first-order chi connectivity index (χ1) is 8.16. The maximum absolute atomic E-state index is 12.1. The summed E-state index contributed by atoms with van der Waals surface area (Å²) in [6.07, 6.45) is 0.568. The molecule has 1 atom stereocenters. The second-order valence-electron chi connectivity index (χ2n) is 4.14. The van der Waals surface area contributed by atoms with Gasteiger partial charge in [0.05, 0.1) is 6.54 Å². The third-order valence-electron chi connectivity index (χ3n) is 2.79. The molecule has 2 rings (SSSR count). The van der Waals surface area contributed by atoms with E-state index in [1.807, 2.05) is 18.2 Å². The van der Waals surface area contributed by atoms with E-state index in [1.165, 1.54) is 6.92 Å². The van der Waals surface area contributed by atoms with Gasteiger partial charge in [0.25, 0.3) is 5.91 Å². The molecule has 0 bridgehead atoms. The number of carbonyl (C=O) groups is 2. The highest BCUT2D eigenvalue weighted by Gasteiger charge is 2.28. The second-order valence-corrected chi connectivity index (χ2v) is 4.14. The summed E-state index contributed by atoms with van der Waals surface area (Å²) in [5.74, 6) is -0.288. The van der Waals surface area contributed by atoms with Gasteiger partial charge >= 0.3 is 5.97 Å². The summed E-state index contributed by atoms with van der Waals surface area (Å²) < 4.78 is 5.09. The van der Waals surface area contributed by atoms with Crippen LogP contribution in [0.4, 0.5) is 0 Å². The molecule has 0 spiro atoms. The number of hydrogen-bond acceptors (Lipinski definition) is 3. The van der Waals surface area contributed by atoms with Crippen molar-refractivity contribution >= 4 is 11.9 Å². The summed E-state index contributed by atoms with van der Waals surface area (Å²) in [5.41, 5.74) is 0.677. The summed E-state index contributed by atoms with van der Waals surface area (Å²) >= 11 is 0. The van der Waals surface area contributed by atoms with Gasteiger partial charge in [-0.25, -0.2) is 0 Å². The van der Waals surface area contributed by atoms with E-state index in [-0.39, 0.29) is 18.0 Å². The van der Waals surface area contributed by atoms with Crippen LogP contribution in [0.15, 0.2) is 30.3 Å². The van der Waals surface area contributed by atoms with Gasteiger partial charge in [-0.05, 0) is 12.1 Å². The summed E-state index contributed by atoms with van der Waals surface area (Å²) in [6, 6.07) is 9.14. The molecule has 0 aromatic heterocycles. The maximum atomic E-state index is 12.1. The van der Waals surface area contributed by atoms with Crippen LogP contribution in [0.3, 0.4) is 0 Å². The van der Waals surface area contributed by atoms with Crippen LogP contribution in [0.5, 0.6) is 0 Å². The summed E-state index contributed by atoms with van der Waals surface area (Å²) in [7, 11) is 0. The minimum absolute atomic E-state index is 0.000233. The van der Waals surface area contributed by atoms with Gasteiger partial charge in [-0.2, -0.15) is 0 Å². The standard InChI is InChI=1S/C13H15NO3/c1-10(15)17-12-7-8-14(9-12)13(16)11-5-3-2-4-6-11/h2-6,12H,7-9H2,1H3. The average Bonchev–Trinajstić information content (AvgIpc) is 2.77. The lowest BCUT2D eigenvalue weighted by molar-refractivity contribution is -0.145. The van der Waals surface area contributed by atoms with Crippen molar-refractivity contribution in [2.45, 2.75) is 19.4 Å². The van der Waals surface area contributed by atoms with Gasteiger partial charge < -0.3 is 9.64 Å². The number of carbonyl (C=O) groups excluding carboxylic acids is 2. The number of rotatable bonds is 2. The Morgan fingerprint density at radius 2 is 2.00 bits per heavy atom. The molecule has 0 N–H and O–H groups in total. The molecule has 0 saturated carbocycles. The smallest absolute Gasteiger partial charge is 0.302 e. The highest BCUT2D eigenvalue weighted by molar-refractivity contribution is 5.94. The fraction of sp³-hybridized carbons (Fsp3) is 0.385. The Labute approximate surface area is 100 Å². The molecule has 4 nitrogen and oxygen atoms in total. The molecule has 1 unspecified atom stereocenters. The average molecular weight is 233 g/mol. The van der Waals surface area contributed by atoms with Crippen LogP contribution in [-0.2, 0) is 9.53 Å². The molecular formula is C13H15NO3. The predicted octanol–water partition coefficient (Wildman–Crippen LogP) is 1.46. The van der Waals surface area contributed by atoms with Gasteiger partial charge in [0.2, 0.25) is 0 Å². The lowest BCUT2D eigenvalue weighted by atomic mass is 10.2.